The van der Waals surface area contributed by atoms with Gasteiger partial charge in [-0.3, -0.25) is 14.2 Å². The van der Waals surface area contributed by atoms with Crippen LogP contribution in [0.5, 0.6) is 0 Å². The summed E-state index contributed by atoms with van der Waals surface area (Å²) >= 11 is 0. The number of carbonyl (C=O) groups is 2. The molecule has 1 unspecified atom stereocenters. The van der Waals surface area contributed by atoms with E-state index in [1.165, 1.54) is 67.6 Å². The predicted molar refractivity (Wildman–Crippen MR) is 260 cm³/mol. The van der Waals surface area contributed by atoms with Crippen LogP contribution in [0.4, 0.5) is 0 Å². The van der Waals surface area contributed by atoms with E-state index in [4.69, 9.17) is 22.9 Å². The quantitative estimate of drug-likeness (QED) is 0.0211. The number of rotatable bonds is 41. The van der Waals surface area contributed by atoms with Crippen LogP contribution in [0.1, 0.15) is 178 Å². The number of phosphoric ester groups is 1. The van der Waals surface area contributed by atoms with E-state index >= 15 is 0 Å². The Morgan fingerprint density at radius 2 is 1.17 bits per heavy atom. The molecular weight excluding hydrogens is 846 g/mol. The van der Waals surface area contributed by atoms with Crippen molar-refractivity contribution in [2.75, 3.05) is 47.5 Å². The fourth-order valence-electron chi connectivity index (χ4n) is 6.98. The maximum atomic E-state index is 12.8. The fraction of sp³-hybridized carbons (Fsp3) is 0.731. The van der Waals surface area contributed by atoms with Crippen molar-refractivity contribution in [1.82, 2.24) is 0 Å². The smallest absolute Gasteiger partial charge is 0.306 e. The van der Waals surface area contributed by atoms with E-state index in [0.29, 0.717) is 17.4 Å². The summed E-state index contributed by atoms with van der Waals surface area (Å²) in [4.78, 5) is 37.8. The molecule has 65 heavy (non-hydrogen) atoms. The zero-order chi connectivity index (χ0) is 48.2. The number of allylic oxidation sites excluding steroid dienone is 7. The molecule has 0 aromatic carbocycles. The number of carbonyl (C=O) groups excluding carboxylic acids is 2. The molecule has 1 heterocycles. The second kappa shape index (κ2) is 37.2. The van der Waals surface area contributed by atoms with Gasteiger partial charge in [0.2, 0.25) is 0 Å². The lowest BCUT2D eigenvalue weighted by Crippen LogP contribution is -2.37. The number of hydrogen-bond donors (Lipinski definition) is 2. The van der Waals surface area contributed by atoms with Crippen LogP contribution in [-0.4, -0.2) is 92.5 Å². The number of phosphoric acid groups is 1. The first-order chi connectivity index (χ1) is 31.1. The van der Waals surface area contributed by atoms with E-state index in [-0.39, 0.29) is 38.7 Å². The van der Waals surface area contributed by atoms with Crippen molar-refractivity contribution >= 4 is 19.8 Å². The van der Waals surface area contributed by atoms with Crippen molar-refractivity contribution in [2.24, 2.45) is 0 Å². The van der Waals surface area contributed by atoms with Gasteiger partial charge < -0.3 is 42.5 Å². The van der Waals surface area contributed by atoms with Gasteiger partial charge in [0.1, 0.15) is 31.3 Å². The summed E-state index contributed by atoms with van der Waals surface area (Å²) in [6, 6.07) is 0. The molecule has 0 fully saturated rings. The number of ether oxygens (including phenoxy) is 2. The third kappa shape index (κ3) is 33.3. The number of aliphatic hydroxyl groups is 2. The van der Waals surface area contributed by atoms with E-state index < -0.39 is 51.3 Å². The van der Waals surface area contributed by atoms with Gasteiger partial charge in [0.05, 0.1) is 40.0 Å². The largest absolute Gasteiger partial charge is 0.756 e. The minimum absolute atomic E-state index is 0.0469. The van der Waals surface area contributed by atoms with Crippen LogP contribution in [-0.2, 0) is 45.5 Å². The average molecular weight is 936 g/mol. The molecular formula is C52H90NO11P. The van der Waals surface area contributed by atoms with Crippen molar-refractivity contribution in [3.63, 3.8) is 0 Å². The van der Waals surface area contributed by atoms with E-state index in [1.54, 1.807) is 0 Å². The molecule has 0 saturated carbocycles. The zero-order valence-electron chi connectivity index (χ0n) is 41.6. The van der Waals surface area contributed by atoms with Crippen LogP contribution in [0.3, 0.4) is 0 Å². The van der Waals surface area contributed by atoms with Crippen molar-refractivity contribution in [1.29, 1.82) is 0 Å². The molecule has 1 rings (SSSR count). The molecule has 2 N–H and O–H groups in total. The first kappa shape index (κ1) is 60.2. The minimum atomic E-state index is -4.71. The Morgan fingerprint density at radius 3 is 1.72 bits per heavy atom. The highest BCUT2D eigenvalue weighted by Crippen LogP contribution is 2.38. The lowest BCUT2D eigenvalue weighted by atomic mass is 10.0. The van der Waals surface area contributed by atoms with Crippen molar-refractivity contribution < 1.29 is 56.7 Å². The SMILES string of the molecule is CC/C=C\C/C=C\C/C=C\C/C=C\C[C@H](O)[C@@H](O)CCCC(=O)OC[C@H](COP(=O)([O-])OCC[N+](C)(C)C)OC(=O)CCCCCCCCCCCCc1oc(CCCCC)c(C)c1C. The maximum Gasteiger partial charge on any atom is 0.306 e. The van der Waals surface area contributed by atoms with Gasteiger partial charge in [0.15, 0.2) is 6.10 Å². The molecule has 0 aliphatic heterocycles. The third-order valence-electron chi connectivity index (χ3n) is 11.3. The number of nitrogens with zero attached hydrogens (tertiary/aromatic N) is 1. The molecule has 374 valence electrons. The van der Waals surface area contributed by atoms with Crippen LogP contribution in [0.25, 0.3) is 0 Å². The Labute approximate surface area is 394 Å². The number of furan rings is 1. The Bertz CT molecular complexity index is 1560. The number of aryl methyl sites for hydroxylation is 2. The van der Waals surface area contributed by atoms with Gasteiger partial charge in [0, 0.05) is 25.7 Å². The lowest BCUT2D eigenvalue weighted by Gasteiger charge is -2.28. The molecule has 12 nitrogen and oxygen atoms in total. The second-order valence-electron chi connectivity index (χ2n) is 18.3. The van der Waals surface area contributed by atoms with Crippen LogP contribution >= 0.6 is 7.82 Å². The highest BCUT2D eigenvalue weighted by Gasteiger charge is 2.22. The molecule has 4 atom stereocenters. The lowest BCUT2D eigenvalue weighted by molar-refractivity contribution is -0.870. The molecule has 0 radical (unpaired) electrons. The third-order valence-corrected chi connectivity index (χ3v) is 12.2. The molecule has 13 heteroatoms. The summed E-state index contributed by atoms with van der Waals surface area (Å²) in [5.74, 6) is 1.20. The van der Waals surface area contributed by atoms with Crippen molar-refractivity contribution in [2.45, 2.75) is 200 Å². The molecule has 0 bridgehead atoms. The number of hydrogen-bond acceptors (Lipinski definition) is 11. The van der Waals surface area contributed by atoms with E-state index in [2.05, 4.69) is 64.2 Å². The summed E-state index contributed by atoms with van der Waals surface area (Å²) in [6.45, 7) is 8.10. The average Bonchev–Trinajstić information content (AvgIpc) is 3.52. The minimum Gasteiger partial charge on any atom is -0.756 e. The van der Waals surface area contributed by atoms with E-state index in [9.17, 15) is 29.3 Å². The van der Waals surface area contributed by atoms with Gasteiger partial charge in [-0.1, -0.05) is 127 Å². The molecule has 0 aliphatic carbocycles. The van der Waals surface area contributed by atoms with Crippen LogP contribution in [0.2, 0.25) is 0 Å². The summed E-state index contributed by atoms with van der Waals surface area (Å²) < 4.78 is 40.1. The predicted octanol–water partition coefficient (Wildman–Crippen LogP) is 11.2. The fourth-order valence-corrected chi connectivity index (χ4v) is 7.71. The Kier molecular flexibility index (Phi) is 34.4. The van der Waals surface area contributed by atoms with Crippen LogP contribution in [0, 0.1) is 13.8 Å². The topological polar surface area (TPSA) is 165 Å². The zero-order valence-corrected chi connectivity index (χ0v) is 42.5. The summed E-state index contributed by atoms with van der Waals surface area (Å²) in [5.41, 5.74) is 2.66. The molecule has 1 aromatic heterocycles. The van der Waals surface area contributed by atoms with Gasteiger partial charge in [-0.15, -0.1) is 0 Å². The van der Waals surface area contributed by atoms with Gasteiger partial charge in [0.25, 0.3) is 7.82 Å². The molecule has 1 aromatic rings. The van der Waals surface area contributed by atoms with E-state index in [0.717, 1.165) is 70.6 Å². The number of likely N-dealkylation sites (N-methyl/N-ethyl adjacent to an activating group) is 1. The number of unbranched alkanes of at least 4 members (excludes halogenated alkanes) is 11. The molecule has 0 amide bonds. The second-order valence-corrected chi connectivity index (χ2v) is 19.8. The Hall–Kier alpha value is -2.83. The number of aliphatic hydroxyl groups excluding tert-OH is 2. The summed E-state index contributed by atoms with van der Waals surface area (Å²) in [7, 11) is 0.989. The Morgan fingerprint density at radius 1 is 0.662 bits per heavy atom. The van der Waals surface area contributed by atoms with Crippen molar-refractivity contribution in [3.8, 4) is 0 Å². The summed E-state index contributed by atoms with van der Waals surface area (Å²) in [6.07, 6.45) is 34.2. The highest BCUT2D eigenvalue weighted by molar-refractivity contribution is 7.45. The monoisotopic (exact) mass is 936 g/mol. The molecule has 0 spiro atoms. The van der Waals surface area contributed by atoms with Crippen LogP contribution in [0.15, 0.2) is 53.0 Å². The highest BCUT2D eigenvalue weighted by atomic mass is 31.2. The normalized spacial score (nSPS) is 14.8. The number of quaternary nitrogens is 1. The first-order valence-electron chi connectivity index (χ1n) is 24.9. The maximum absolute atomic E-state index is 12.8. The van der Waals surface area contributed by atoms with Gasteiger partial charge in [-0.05, 0) is 89.2 Å². The van der Waals surface area contributed by atoms with E-state index in [1.807, 2.05) is 33.3 Å². The summed E-state index contributed by atoms with van der Waals surface area (Å²) in [5, 5.41) is 20.8. The first-order valence-corrected chi connectivity index (χ1v) is 26.3. The standard InChI is InChI=1S/C52H90NO11P/c1-8-10-12-13-14-15-16-17-20-23-26-30-34-47(54)48(55)35-33-39-51(56)60-42-46(43-62-65(58,59)61-41-40-53(5,6)7)63-52(57)38-32-28-25-22-19-18-21-24-27-31-37-50-45(4)44(3)49(64-50)36-29-11-9-2/h10,12,14-15,17,20,26,30,46-48,54-55H,8-9,11,13,16,18-19,21-25,27-29,31-43H2,1-7H3/b12-10-,15-14-,20-17-,30-26-/t46-,47+,48+/m1/s1. The van der Waals surface area contributed by atoms with Gasteiger partial charge in [-0.2, -0.15) is 0 Å². The van der Waals surface area contributed by atoms with Crippen LogP contribution < -0.4 is 4.89 Å². The van der Waals surface area contributed by atoms with Gasteiger partial charge in [-0.25, -0.2) is 0 Å². The van der Waals surface area contributed by atoms with Crippen molar-refractivity contribution in [3.05, 3.63) is 71.3 Å². The Balaban J connectivity index is 2.40. The molecule has 0 aliphatic rings. The van der Waals surface area contributed by atoms with Gasteiger partial charge >= 0.3 is 11.9 Å². The number of esters is 2. The molecule has 0 saturated heterocycles.